The highest BCUT2D eigenvalue weighted by Crippen LogP contribution is 2.35. The zero-order chi connectivity index (χ0) is 13.5. The van der Waals surface area contributed by atoms with E-state index in [1.807, 2.05) is 25.1 Å². The van der Waals surface area contributed by atoms with Gasteiger partial charge in [0.05, 0.1) is 31.9 Å². The van der Waals surface area contributed by atoms with Gasteiger partial charge in [-0.25, -0.2) is 0 Å². The Kier molecular flexibility index (Phi) is 5.95. The van der Waals surface area contributed by atoms with Crippen molar-refractivity contribution in [2.75, 3.05) is 20.8 Å². The molecule has 0 aliphatic heterocycles. The fourth-order valence-electron chi connectivity index (χ4n) is 2.08. The van der Waals surface area contributed by atoms with Crippen LogP contribution in [0.25, 0.3) is 0 Å². The average molecular weight is 253 g/mol. The Morgan fingerprint density at radius 1 is 1.11 bits per heavy atom. The quantitative estimate of drug-likeness (QED) is 0.811. The van der Waals surface area contributed by atoms with Crippen molar-refractivity contribution in [3.63, 3.8) is 0 Å². The van der Waals surface area contributed by atoms with Crippen LogP contribution in [0, 0.1) is 0 Å². The molecule has 0 aliphatic rings. The van der Waals surface area contributed by atoms with Crippen molar-refractivity contribution in [3.8, 4) is 11.5 Å². The van der Waals surface area contributed by atoms with Gasteiger partial charge in [0.15, 0.2) is 0 Å². The summed E-state index contributed by atoms with van der Waals surface area (Å²) < 4.78 is 16.4. The molecule has 2 N–H and O–H groups in total. The Morgan fingerprint density at radius 3 is 2.06 bits per heavy atom. The molecule has 0 saturated carbocycles. The minimum absolute atomic E-state index is 0.0415. The van der Waals surface area contributed by atoms with Crippen molar-refractivity contribution >= 4 is 0 Å². The fraction of sp³-hybridized carbons (Fsp3) is 0.571. The van der Waals surface area contributed by atoms with Crippen LogP contribution >= 0.6 is 0 Å². The number of benzene rings is 1. The maximum atomic E-state index is 6.30. The molecule has 0 spiro atoms. The smallest absolute Gasteiger partial charge is 0.127 e. The van der Waals surface area contributed by atoms with Crippen LogP contribution in [0.3, 0.4) is 0 Å². The predicted octanol–water partition coefficient (Wildman–Crippen LogP) is 2.52. The Balaban J connectivity index is 3.12. The molecule has 0 aliphatic carbocycles. The first-order valence-electron chi connectivity index (χ1n) is 6.27. The van der Waals surface area contributed by atoms with E-state index in [1.165, 1.54) is 0 Å². The third-order valence-corrected chi connectivity index (χ3v) is 2.98. The van der Waals surface area contributed by atoms with Gasteiger partial charge in [0.1, 0.15) is 11.5 Å². The van der Waals surface area contributed by atoms with Crippen LogP contribution < -0.4 is 15.2 Å². The summed E-state index contributed by atoms with van der Waals surface area (Å²) in [7, 11) is 3.26. The number of ether oxygens (including phenoxy) is 3. The van der Waals surface area contributed by atoms with E-state index in [4.69, 9.17) is 19.9 Å². The molecule has 0 saturated heterocycles. The zero-order valence-corrected chi connectivity index (χ0v) is 11.6. The van der Waals surface area contributed by atoms with E-state index >= 15 is 0 Å². The molecule has 1 aromatic rings. The molecule has 2 unspecified atom stereocenters. The number of hydrogen-bond acceptors (Lipinski definition) is 4. The van der Waals surface area contributed by atoms with E-state index in [0.717, 1.165) is 23.5 Å². The van der Waals surface area contributed by atoms with Crippen molar-refractivity contribution in [1.82, 2.24) is 0 Å². The van der Waals surface area contributed by atoms with Gasteiger partial charge in [0.2, 0.25) is 0 Å². The summed E-state index contributed by atoms with van der Waals surface area (Å²) in [6.07, 6.45) is 0.802. The van der Waals surface area contributed by atoms with Gasteiger partial charge >= 0.3 is 0 Å². The van der Waals surface area contributed by atoms with Crippen molar-refractivity contribution in [3.05, 3.63) is 23.8 Å². The molecule has 0 radical (unpaired) electrons. The molecular formula is C14H23NO3. The predicted molar refractivity (Wildman–Crippen MR) is 72.2 cm³/mol. The lowest BCUT2D eigenvalue weighted by Crippen LogP contribution is -2.29. The SMILES string of the molecule is CCOC(CC)C(N)c1c(OC)cccc1OC. The van der Waals surface area contributed by atoms with Crippen LogP contribution in [0.1, 0.15) is 31.9 Å². The van der Waals surface area contributed by atoms with Crippen molar-refractivity contribution < 1.29 is 14.2 Å². The first-order chi connectivity index (χ1) is 8.69. The van der Waals surface area contributed by atoms with Crippen LogP contribution in [0.15, 0.2) is 18.2 Å². The highest BCUT2D eigenvalue weighted by atomic mass is 16.5. The molecule has 0 aromatic heterocycles. The minimum atomic E-state index is -0.263. The number of hydrogen-bond donors (Lipinski definition) is 1. The summed E-state index contributed by atoms with van der Waals surface area (Å²) in [5, 5.41) is 0. The summed E-state index contributed by atoms with van der Waals surface area (Å²) in [5.41, 5.74) is 7.17. The van der Waals surface area contributed by atoms with Gasteiger partial charge in [0.25, 0.3) is 0 Å². The van der Waals surface area contributed by atoms with Crippen LogP contribution in [0.4, 0.5) is 0 Å². The van der Waals surface area contributed by atoms with Gasteiger partial charge in [-0.2, -0.15) is 0 Å². The molecule has 1 aromatic carbocycles. The number of rotatable bonds is 7. The van der Waals surface area contributed by atoms with Crippen LogP contribution in [-0.4, -0.2) is 26.9 Å². The lowest BCUT2D eigenvalue weighted by Gasteiger charge is -2.25. The van der Waals surface area contributed by atoms with Gasteiger partial charge in [-0.3, -0.25) is 0 Å². The van der Waals surface area contributed by atoms with E-state index in [0.29, 0.717) is 6.61 Å². The summed E-state index contributed by atoms with van der Waals surface area (Å²) in [4.78, 5) is 0. The topological polar surface area (TPSA) is 53.7 Å². The lowest BCUT2D eigenvalue weighted by molar-refractivity contribution is 0.0402. The van der Waals surface area contributed by atoms with E-state index < -0.39 is 0 Å². The van der Waals surface area contributed by atoms with Gasteiger partial charge < -0.3 is 19.9 Å². The van der Waals surface area contributed by atoms with E-state index in [1.54, 1.807) is 14.2 Å². The molecular weight excluding hydrogens is 230 g/mol. The average Bonchev–Trinajstić information content (AvgIpc) is 2.42. The molecule has 1 rings (SSSR count). The van der Waals surface area contributed by atoms with E-state index in [2.05, 4.69) is 6.92 Å². The van der Waals surface area contributed by atoms with E-state index in [9.17, 15) is 0 Å². The Bertz CT molecular complexity index is 346. The number of nitrogens with two attached hydrogens (primary N) is 1. The normalized spacial score (nSPS) is 14.1. The standard InChI is InChI=1S/C14H23NO3/c1-5-10(18-6-2)14(15)13-11(16-3)8-7-9-12(13)17-4/h7-10,14H,5-6,15H2,1-4H3. The molecule has 4 nitrogen and oxygen atoms in total. The Hall–Kier alpha value is -1.26. The molecule has 0 bridgehead atoms. The summed E-state index contributed by atoms with van der Waals surface area (Å²) in [5.74, 6) is 1.47. The fourth-order valence-corrected chi connectivity index (χ4v) is 2.08. The third kappa shape index (κ3) is 3.15. The lowest BCUT2D eigenvalue weighted by atomic mass is 9.98. The zero-order valence-electron chi connectivity index (χ0n) is 11.6. The summed E-state index contributed by atoms with van der Waals surface area (Å²) >= 11 is 0. The summed E-state index contributed by atoms with van der Waals surface area (Å²) in [6.45, 7) is 4.67. The van der Waals surface area contributed by atoms with Crippen molar-refractivity contribution in [2.45, 2.75) is 32.4 Å². The second-order valence-corrected chi connectivity index (χ2v) is 4.00. The second kappa shape index (κ2) is 7.24. The maximum Gasteiger partial charge on any atom is 0.127 e. The molecule has 4 heteroatoms. The summed E-state index contributed by atoms with van der Waals surface area (Å²) in [6, 6.07) is 5.39. The van der Waals surface area contributed by atoms with E-state index in [-0.39, 0.29) is 12.1 Å². The first kappa shape index (κ1) is 14.8. The molecule has 2 atom stereocenters. The van der Waals surface area contributed by atoms with Gasteiger partial charge in [-0.05, 0) is 25.5 Å². The van der Waals surface area contributed by atoms with Gasteiger partial charge in [-0.15, -0.1) is 0 Å². The monoisotopic (exact) mass is 253 g/mol. The number of methoxy groups -OCH3 is 2. The highest BCUT2D eigenvalue weighted by Gasteiger charge is 2.24. The minimum Gasteiger partial charge on any atom is -0.496 e. The van der Waals surface area contributed by atoms with Crippen molar-refractivity contribution in [2.24, 2.45) is 5.73 Å². The molecule has 102 valence electrons. The van der Waals surface area contributed by atoms with Crippen LogP contribution in [0.5, 0.6) is 11.5 Å². The third-order valence-electron chi connectivity index (χ3n) is 2.98. The van der Waals surface area contributed by atoms with Gasteiger partial charge in [-0.1, -0.05) is 13.0 Å². The molecule has 0 heterocycles. The Labute approximate surface area is 109 Å². The Morgan fingerprint density at radius 2 is 1.67 bits per heavy atom. The molecule has 0 fully saturated rings. The second-order valence-electron chi connectivity index (χ2n) is 4.00. The maximum absolute atomic E-state index is 6.30. The van der Waals surface area contributed by atoms with Crippen LogP contribution in [0.2, 0.25) is 0 Å². The molecule has 18 heavy (non-hydrogen) atoms. The largest absolute Gasteiger partial charge is 0.496 e. The van der Waals surface area contributed by atoms with Gasteiger partial charge in [0, 0.05) is 6.61 Å². The first-order valence-corrected chi connectivity index (χ1v) is 6.27. The highest BCUT2D eigenvalue weighted by molar-refractivity contribution is 5.47. The van der Waals surface area contributed by atoms with Crippen molar-refractivity contribution in [1.29, 1.82) is 0 Å². The molecule has 0 amide bonds. The van der Waals surface area contributed by atoms with Crippen LogP contribution in [-0.2, 0) is 4.74 Å².